The van der Waals surface area contributed by atoms with Crippen LogP contribution in [0.5, 0.6) is 0 Å². The van der Waals surface area contributed by atoms with Gasteiger partial charge < -0.3 is 14.8 Å². The Hall–Kier alpha value is -1.31. The third kappa shape index (κ3) is 2.16. The average molecular weight is 244 g/mol. The van der Waals surface area contributed by atoms with E-state index in [1.54, 1.807) is 0 Å². The molecule has 18 heavy (non-hydrogen) atoms. The number of rotatable bonds is 3. The van der Waals surface area contributed by atoms with Crippen LogP contribution in [-0.4, -0.2) is 35.1 Å². The fourth-order valence-corrected chi connectivity index (χ4v) is 3.29. The Balaban J connectivity index is 1.59. The number of fused-ring (bicyclic) bond motifs is 3. The summed E-state index contributed by atoms with van der Waals surface area (Å²) in [7, 11) is 1.93. The average Bonchev–Trinajstić information content (AvgIpc) is 2.78. The molecule has 3 aliphatic heterocycles. The van der Waals surface area contributed by atoms with Crippen molar-refractivity contribution in [3.05, 3.63) is 23.5 Å². The van der Waals surface area contributed by atoms with Gasteiger partial charge in [0.05, 0.1) is 0 Å². The molecule has 0 aliphatic carbocycles. The minimum absolute atomic E-state index is 0.637. The highest BCUT2D eigenvalue weighted by Crippen LogP contribution is 2.27. The van der Waals surface area contributed by atoms with Crippen LogP contribution >= 0.6 is 0 Å². The Kier molecular flexibility index (Phi) is 3.11. The van der Waals surface area contributed by atoms with Gasteiger partial charge in [-0.05, 0) is 43.5 Å². The number of piperidine rings is 3. The third-order valence-corrected chi connectivity index (χ3v) is 4.40. The zero-order chi connectivity index (χ0) is 12.5. The molecule has 1 aromatic heterocycles. The summed E-state index contributed by atoms with van der Waals surface area (Å²) in [6.45, 7) is 4.65. The van der Waals surface area contributed by atoms with Gasteiger partial charge in [-0.2, -0.15) is 5.26 Å². The van der Waals surface area contributed by atoms with Gasteiger partial charge in [0, 0.05) is 32.4 Å². The molecule has 4 nitrogen and oxygen atoms in total. The van der Waals surface area contributed by atoms with Gasteiger partial charge in [0.1, 0.15) is 11.8 Å². The van der Waals surface area contributed by atoms with Gasteiger partial charge >= 0.3 is 0 Å². The lowest BCUT2D eigenvalue weighted by atomic mass is 9.84. The Morgan fingerprint density at radius 3 is 2.78 bits per heavy atom. The van der Waals surface area contributed by atoms with Crippen LogP contribution in [0, 0.1) is 17.2 Å². The van der Waals surface area contributed by atoms with Crippen LogP contribution in [-0.2, 0) is 13.6 Å². The summed E-state index contributed by atoms with van der Waals surface area (Å²) in [6.07, 6.45) is 4.73. The summed E-state index contributed by atoms with van der Waals surface area (Å²) in [4.78, 5) is 2.56. The smallest absolute Gasteiger partial charge is 0.120 e. The first-order chi connectivity index (χ1) is 8.76. The number of nitrogens with one attached hydrogen (secondary N) is 1. The van der Waals surface area contributed by atoms with Crippen molar-refractivity contribution in [1.82, 2.24) is 14.8 Å². The largest absolute Gasteiger partial charge is 0.342 e. The highest BCUT2D eigenvalue weighted by Gasteiger charge is 2.33. The summed E-state index contributed by atoms with van der Waals surface area (Å²) in [5.74, 6) is 0.856. The predicted octanol–water partition coefficient (Wildman–Crippen LogP) is 1.08. The second-order valence-corrected chi connectivity index (χ2v) is 5.58. The van der Waals surface area contributed by atoms with E-state index < -0.39 is 0 Å². The van der Waals surface area contributed by atoms with Crippen LogP contribution in [0.1, 0.15) is 24.1 Å². The molecular formula is C14H20N4. The summed E-state index contributed by atoms with van der Waals surface area (Å²) in [6, 6.07) is 4.83. The third-order valence-electron chi connectivity index (χ3n) is 4.40. The van der Waals surface area contributed by atoms with Gasteiger partial charge in [-0.25, -0.2) is 0 Å². The summed E-state index contributed by atoms with van der Waals surface area (Å²) >= 11 is 0. The molecule has 0 spiro atoms. The van der Waals surface area contributed by atoms with Crippen molar-refractivity contribution >= 4 is 0 Å². The quantitative estimate of drug-likeness (QED) is 0.865. The molecule has 4 rings (SSSR count). The number of nitrogens with zero attached hydrogens (tertiary/aromatic N) is 3. The standard InChI is InChI=1S/C14H20N4/c1-17-9-11(6-13(17)7-15)8-16-14-10-18-4-2-12(14)3-5-18/h6,9,12,14,16H,2-5,8,10H2,1H3. The summed E-state index contributed by atoms with van der Waals surface area (Å²) < 4.78 is 1.90. The van der Waals surface area contributed by atoms with E-state index in [4.69, 9.17) is 5.26 Å². The number of hydrogen-bond donors (Lipinski definition) is 1. The Morgan fingerprint density at radius 2 is 2.22 bits per heavy atom. The van der Waals surface area contributed by atoms with Crippen LogP contribution in [0.15, 0.2) is 12.3 Å². The molecule has 2 bridgehead atoms. The molecule has 3 fully saturated rings. The summed E-state index contributed by atoms with van der Waals surface area (Å²) in [5, 5.41) is 12.6. The lowest BCUT2D eigenvalue weighted by Gasteiger charge is -2.45. The normalized spacial score (nSPS) is 30.3. The molecular weight excluding hydrogens is 224 g/mol. The van der Waals surface area contributed by atoms with Gasteiger partial charge in [-0.3, -0.25) is 0 Å². The zero-order valence-corrected chi connectivity index (χ0v) is 10.9. The van der Waals surface area contributed by atoms with E-state index in [1.165, 1.54) is 38.0 Å². The fraction of sp³-hybridized carbons (Fsp3) is 0.643. The second kappa shape index (κ2) is 4.75. The first-order valence-electron chi connectivity index (χ1n) is 6.77. The molecule has 0 saturated carbocycles. The van der Waals surface area contributed by atoms with E-state index in [9.17, 15) is 0 Å². The molecule has 1 N–H and O–H groups in total. The van der Waals surface area contributed by atoms with E-state index in [-0.39, 0.29) is 0 Å². The molecule has 4 heteroatoms. The van der Waals surface area contributed by atoms with Crippen molar-refractivity contribution in [3.8, 4) is 6.07 Å². The van der Waals surface area contributed by atoms with Gasteiger partial charge in [0.2, 0.25) is 0 Å². The second-order valence-electron chi connectivity index (χ2n) is 5.58. The maximum Gasteiger partial charge on any atom is 0.120 e. The van der Waals surface area contributed by atoms with Gasteiger partial charge in [-0.15, -0.1) is 0 Å². The van der Waals surface area contributed by atoms with E-state index in [1.807, 2.05) is 23.9 Å². The Morgan fingerprint density at radius 1 is 1.44 bits per heavy atom. The number of hydrogen-bond acceptors (Lipinski definition) is 3. The number of aromatic nitrogens is 1. The molecule has 3 aliphatic rings. The van der Waals surface area contributed by atoms with Crippen molar-refractivity contribution in [1.29, 1.82) is 5.26 Å². The number of aryl methyl sites for hydroxylation is 1. The first kappa shape index (κ1) is 11.8. The van der Waals surface area contributed by atoms with E-state index in [0.29, 0.717) is 6.04 Å². The van der Waals surface area contributed by atoms with Crippen LogP contribution in [0.4, 0.5) is 0 Å². The molecule has 1 atom stereocenters. The van der Waals surface area contributed by atoms with E-state index in [2.05, 4.69) is 16.3 Å². The van der Waals surface area contributed by atoms with Crippen LogP contribution < -0.4 is 5.32 Å². The maximum atomic E-state index is 8.94. The van der Waals surface area contributed by atoms with Crippen molar-refractivity contribution < 1.29 is 0 Å². The molecule has 0 amide bonds. The molecule has 0 aromatic carbocycles. The van der Waals surface area contributed by atoms with Crippen LogP contribution in [0.25, 0.3) is 0 Å². The van der Waals surface area contributed by atoms with Crippen molar-refractivity contribution in [3.63, 3.8) is 0 Å². The van der Waals surface area contributed by atoms with Gasteiger partial charge in [0.25, 0.3) is 0 Å². The maximum absolute atomic E-state index is 8.94. The van der Waals surface area contributed by atoms with Crippen LogP contribution in [0.3, 0.4) is 0 Å². The predicted molar refractivity (Wildman–Crippen MR) is 69.9 cm³/mol. The zero-order valence-electron chi connectivity index (χ0n) is 10.9. The highest BCUT2D eigenvalue weighted by molar-refractivity contribution is 5.28. The van der Waals surface area contributed by atoms with Crippen molar-refractivity contribution in [2.75, 3.05) is 19.6 Å². The highest BCUT2D eigenvalue weighted by atomic mass is 15.2. The molecule has 96 valence electrons. The van der Waals surface area contributed by atoms with Crippen molar-refractivity contribution in [2.24, 2.45) is 13.0 Å². The minimum Gasteiger partial charge on any atom is -0.342 e. The topological polar surface area (TPSA) is 44.0 Å². The SMILES string of the molecule is Cn1cc(CNC2CN3CCC2CC3)cc1C#N. The van der Waals surface area contributed by atoms with Crippen molar-refractivity contribution in [2.45, 2.75) is 25.4 Å². The molecule has 1 aromatic rings. The Bertz CT molecular complexity index is 463. The lowest BCUT2D eigenvalue weighted by molar-refractivity contribution is 0.0720. The van der Waals surface area contributed by atoms with Crippen LogP contribution in [0.2, 0.25) is 0 Å². The molecule has 1 unspecified atom stereocenters. The van der Waals surface area contributed by atoms with Gasteiger partial charge in [-0.1, -0.05) is 0 Å². The van der Waals surface area contributed by atoms with Gasteiger partial charge in [0.15, 0.2) is 0 Å². The minimum atomic E-state index is 0.637. The monoisotopic (exact) mass is 244 g/mol. The summed E-state index contributed by atoms with van der Waals surface area (Å²) in [5.41, 5.74) is 1.95. The van der Waals surface area contributed by atoms with E-state index in [0.717, 1.165) is 18.2 Å². The molecule has 4 heterocycles. The van der Waals surface area contributed by atoms with E-state index >= 15 is 0 Å². The first-order valence-corrected chi connectivity index (χ1v) is 6.77. The molecule has 3 saturated heterocycles. The lowest BCUT2D eigenvalue weighted by Crippen LogP contribution is -2.55. The fourth-order valence-electron chi connectivity index (χ4n) is 3.29. The number of nitriles is 1. The Labute approximate surface area is 108 Å². The molecule has 0 radical (unpaired) electrons.